The summed E-state index contributed by atoms with van der Waals surface area (Å²) in [6.07, 6.45) is -0.229. The SMILES string of the molecule is CC(C)OC(=O)CC(NC(=O)CSCC#N)c1ccccc1Cl. The number of esters is 1. The summed E-state index contributed by atoms with van der Waals surface area (Å²) >= 11 is 7.38. The summed E-state index contributed by atoms with van der Waals surface area (Å²) in [6, 6.07) is 8.43. The average Bonchev–Trinajstić information content (AvgIpc) is 2.46. The van der Waals surface area contributed by atoms with E-state index in [0.717, 1.165) is 0 Å². The normalized spacial score (nSPS) is 11.6. The number of hydrogen-bond donors (Lipinski definition) is 1. The molecule has 1 rings (SSSR count). The van der Waals surface area contributed by atoms with Crippen LogP contribution in [-0.2, 0) is 14.3 Å². The van der Waals surface area contributed by atoms with Crippen molar-refractivity contribution < 1.29 is 14.3 Å². The molecule has 0 heterocycles. The number of carbonyl (C=O) groups is 2. The molecule has 0 aromatic heterocycles. The number of amides is 1. The molecule has 124 valence electrons. The van der Waals surface area contributed by atoms with Crippen molar-refractivity contribution in [3.63, 3.8) is 0 Å². The minimum atomic E-state index is -0.565. The number of hydrogen-bond acceptors (Lipinski definition) is 5. The molecule has 1 aromatic rings. The molecule has 7 heteroatoms. The molecular weight excluding hydrogens is 336 g/mol. The van der Waals surface area contributed by atoms with Gasteiger partial charge in [0, 0.05) is 5.02 Å². The largest absolute Gasteiger partial charge is 0.463 e. The fraction of sp³-hybridized carbons (Fsp3) is 0.438. The first-order chi connectivity index (χ1) is 10.9. The van der Waals surface area contributed by atoms with E-state index in [0.29, 0.717) is 10.6 Å². The number of nitriles is 1. The van der Waals surface area contributed by atoms with Gasteiger partial charge in [0.25, 0.3) is 0 Å². The van der Waals surface area contributed by atoms with Crippen molar-refractivity contribution in [1.82, 2.24) is 5.32 Å². The van der Waals surface area contributed by atoms with Gasteiger partial charge in [0.15, 0.2) is 0 Å². The zero-order valence-electron chi connectivity index (χ0n) is 13.0. The second-order valence-electron chi connectivity index (χ2n) is 5.04. The second-order valence-corrected chi connectivity index (χ2v) is 6.43. The topological polar surface area (TPSA) is 79.2 Å². The molecule has 0 fully saturated rings. The summed E-state index contributed by atoms with van der Waals surface area (Å²) in [7, 11) is 0. The Hall–Kier alpha value is -1.71. The van der Waals surface area contributed by atoms with Crippen LogP contribution in [0.1, 0.15) is 31.9 Å². The lowest BCUT2D eigenvalue weighted by Gasteiger charge is -2.20. The Bertz CT molecular complexity index is 587. The molecule has 1 atom stereocenters. The van der Waals surface area contributed by atoms with Gasteiger partial charge in [-0.1, -0.05) is 29.8 Å². The number of halogens is 1. The van der Waals surface area contributed by atoms with Crippen molar-refractivity contribution in [1.29, 1.82) is 5.26 Å². The van der Waals surface area contributed by atoms with E-state index in [4.69, 9.17) is 21.6 Å². The molecule has 5 nitrogen and oxygen atoms in total. The summed E-state index contributed by atoms with van der Waals surface area (Å²) in [5.74, 6) is -0.282. The maximum absolute atomic E-state index is 12.0. The third kappa shape index (κ3) is 7.40. The van der Waals surface area contributed by atoms with Crippen LogP contribution >= 0.6 is 23.4 Å². The lowest BCUT2D eigenvalue weighted by Crippen LogP contribution is -2.32. The predicted octanol–water partition coefficient (Wildman–Crippen LogP) is 3.10. The third-order valence-corrected chi connectivity index (χ3v) is 3.90. The first-order valence-corrected chi connectivity index (χ1v) is 8.65. The quantitative estimate of drug-likeness (QED) is 0.573. The Morgan fingerprint density at radius 3 is 2.70 bits per heavy atom. The minimum Gasteiger partial charge on any atom is -0.463 e. The van der Waals surface area contributed by atoms with E-state index in [9.17, 15) is 9.59 Å². The second kappa shape index (κ2) is 10.1. The summed E-state index contributed by atoms with van der Waals surface area (Å²) < 4.78 is 5.14. The zero-order chi connectivity index (χ0) is 17.2. The van der Waals surface area contributed by atoms with E-state index in [1.165, 1.54) is 11.8 Å². The Kier molecular flexibility index (Phi) is 8.52. The van der Waals surface area contributed by atoms with Gasteiger partial charge in [-0.05, 0) is 25.5 Å². The van der Waals surface area contributed by atoms with E-state index in [1.54, 1.807) is 38.1 Å². The maximum atomic E-state index is 12.0. The fourth-order valence-electron chi connectivity index (χ4n) is 1.90. The van der Waals surface area contributed by atoms with E-state index >= 15 is 0 Å². The Morgan fingerprint density at radius 2 is 2.09 bits per heavy atom. The van der Waals surface area contributed by atoms with Gasteiger partial charge in [0.05, 0.1) is 36.1 Å². The highest BCUT2D eigenvalue weighted by atomic mass is 35.5. The number of rotatable bonds is 8. The van der Waals surface area contributed by atoms with Crippen molar-refractivity contribution in [3.8, 4) is 6.07 Å². The van der Waals surface area contributed by atoms with E-state index in [-0.39, 0.29) is 29.9 Å². The summed E-state index contributed by atoms with van der Waals surface area (Å²) in [5.41, 5.74) is 0.661. The lowest BCUT2D eigenvalue weighted by atomic mass is 10.0. The zero-order valence-corrected chi connectivity index (χ0v) is 14.6. The standard InChI is InChI=1S/C16H19ClN2O3S/c1-11(2)22-16(21)9-14(12-5-3-4-6-13(12)17)19-15(20)10-23-8-7-18/h3-6,11,14H,8-10H2,1-2H3,(H,19,20). The molecule has 0 saturated carbocycles. The molecule has 0 spiro atoms. The van der Waals surface area contributed by atoms with Crippen LogP contribution in [0.2, 0.25) is 5.02 Å². The average molecular weight is 355 g/mol. The molecule has 1 aromatic carbocycles. The van der Waals surface area contributed by atoms with Crippen molar-refractivity contribution >= 4 is 35.2 Å². The van der Waals surface area contributed by atoms with Crippen LogP contribution in [-0.4, -0.2) is 29.5 Å². The Morgan fingerprint density at radius 1 is 1.39 bits per heavy atom. The van der Waals surface area contributed by atoms with Crippen LogP contribution in [0.4, 0.5) is 0 Å². The number of benzene rings is 1. The number of nitrogens with one attached hydrogen (secondary N) is 1. The van der Waals surface area contributed by atoms with Crippen molar-refractivity contribution in [2.75, 3.05) is 11.5 Å². The van der Waals surface area contributed by atoms with E-state index in [2.05, 4.69) is 5.32 Å². The first-order valence-electron chi connectivity index (χ1n) is 7.12. The van der Waals surface area contributed by atoms with Crippen LogP contribution in [0.25, 0.3) is 0 Å². The van der Waals surface area contributed by atoms with Crippen LogP contribution in [0, 0.1) is 11.3 Å². The molecule has 0 aliphatic rings. The Labute approximate surface area is 145 Å². The van der Waals surface area contributed by atoms with E-state index in [1.807, 2.05) is 6.07 Å². The maximum Gasteiger partial charge on any atom is 0.308 e. The number of ether oxygens (including phenoxy) is 1. The molecule has 23 heavy (non-hydrogen) atoms. The van der Waals surface area contributed by atoms with Gasteiger partial charge in [-0.15, -0.1) is 11.8 Å². The lowest BCUT2D eigenvalue weighted by molar-refractivity contribution is -0.148. The van der Waals surface area contributed by atoms with Gasteiger partial charge in [0.1, 0.15) is 0 Å². The molecule has 0 aliphatic carbocycles. The highest BCUT2D eigenvalue weighted by Crippen LogP contribution is 2.25. The molecule has 0 bridgehead atoms. The van der Waals surface area contributed by atoms with Crippen molar-refractivity contribution in [3.05, 3.63) is 34.9 Å². The summed E-state index contributed by atoms with van der Waals surface area (Å²) in [6.45, 7) is 3.53. The third-order valence-electron chi connectivity index (χ3n) is 2.75. The molecule has 0 aliphatic heterocycles. The van der Waals surface area contributed by atoms with Crippen molar-refractivity contribution in [2.24, 2.45) is 0 Å². The summed E-state index contributed by atoms with van der Waals surface area (Å²) in [4.78, 5) is 23.9. The number of thioether (sulfide) groups is 1. The minimum absolute atomic E-state index is 0.00340. The molecule has 0 saturated heterocycles. The van der Waals surface area contributed by atoms with Gasteiger partial charge in [-0.25, -0.2) is 0 Å². The van der Waals surface area contributed by atoms with Crippen LogP contribution < -0.4 is 5.32 Å². The van der Waals surface area contributed by atoms with Gasteiger partial charge < -0.3 is 10.1 Å². The molecular formula is C16H19ClN2O3S. The first kappa shape index (κ1) is 19.3. The smallest absolute Gasteiger partial charge is 0.308 e. The van der Waals surface area contributed by atoms with Crippen LogP contribution in [0.3, 0.4) is 0 Å². The van der Waals surface area contributed by atoms with Gasteiger partial charge in [-0.2, -0.15) is 5.26 Å². The molecule has 1 unspecified atom stereocenters. The monoisotopic (exact) mass is 354 g/mol. The predicted molar refractivity (Wildman–Crippen MR) is 91.1 cm³/mol. The number of carbonyl (C=O) groups excluding carboxylic acids is 2. The summed E-state index contributed by atoms with van der Waals surface area (Å²) in [5, 5.41) is 11.8. The van der Waals surface area contributed by atoms with E-state index < -0.39 is 12.0 Å². The van der Waals surface area contributed by atoms with Gasteiger partial charge in [-0.3, -0.25) is 9.59 Å². The van der Waals surface area contributed by atoms with Gasteiger partial charge in [0.2, 0.25) is 5.91 Å². The molecule has 0 radical (unpaired) electrons. The van der Waals surface area contributed by atoms with Crippen LogP contribution in [0.15, 0.2) is 24.3 Å². The Balaban J connectivity index is 2.81. The molecule has 1 amide bonds. The number of nitrogens with zero attached hydrogens (tertiary/aromatic N) is 1. The molecule has 1 N–H and O–H groups in total. The highest BCUT2D eigenvalue weighted by molar-refractivity contribution is 8.00. The van der Waals surface area contributed by atoms with Crippen LogP contribution in [0.5, 0.6) is 0 Å². The fourth-order valence-corrected chi connectivity index (χ4v) is 2.63. The van der Waals surface area contributed by atoms with Gasteiger partial charge >= 0.3 is 5.97 Å². The van der Waals surface area contributed by atoms with Crippen molar-refractivity contribution in [2.45, 2.75) is 32.4 Å². The highest BCUT2D eigenvalue weighted by Gasteiger charge is 2.21.